The summed E-state index contributed by atoms with van der Waals surface area (Å²) in [6.07, 6.45) is 3.01. The third-order valence-electron chi connectivity index (χ3n) is 4.29. The zero-order valence-electron chi connectivity index (χ0n) is 17.4. The van der Waals surface area contributed by atoms with E-state index in [0.29, 0.717) is 12.1 Å². The number of aromatic amines is 1. The number of carbonyl (C=O) groups is 4. The average Bonchev–Trinajstić information content (AvgIpc) is 3.21. The predicted molar refractivity (Wildman–Crippen MR) is 107 cm³/mol. The van der Waals surface area contributed by atoms with Crippen LogP contribution in [0.25, 0.3) is 0 Å². The molecule has 0 radical (unpaired) electrons. The Balaban J connectivity index is 2.72. The largest absolute Gasteiger partial charge is 0.480 e. The topological polar surface area (TPSA) is 220 Å². The number of imidazole rings is 1. The number of rotatable bonds is 13. The van der Waals surface area contributed by atoms with Crippen LogP contribution >= 0.6 is 0 Å². The van der Waals surface area contributed by atoms with Crippen LogP contribution in [0.1, 0.15) is 26.0 Å². The number of nitrogens with one attached hydrogen (secondary N) is 4. The molecule has 1 aromatic heterocycles. The maximum Gasteiger partial charge on any atom is 0.326 e. The first-order chi connectivity index (χ1) is 14.6. The molecular formula is C18H30N6O7. The number of aromatic nitrogens is 2. The number of carbonyl (C=O) groups excluding carboxylic acids is 3. The van der Waals surface area contributed by atoms with Gasteiger partial charge in [0.1, 0.15) is 18.1 Å². The Bertz CT molecular complexity index is 740. The number of hydrogen-bond donors (Lipinski definition) is 8. The number of nitrogens with two attached hydrogens (primary N) is 1. The first kappa shape index (κ1) is 26.0. The van der Waals surface area contributed by atoms with Crippen molar-refractivity contribution < 1.29 is 34.5 Å². The highest BCUT2D eigenvalue weighted by molar-refractivity contribution is 5.94. The third-order valence-corrected chi connectivity index (χ3v) is 4.29. The lowest BCUT2D eigenvalue weighted by Gasteiger charge is -2.23. The number of aliphatic carboxylic acids is 1. The summed E-state index contributed by atoms with van der Waals surface area (Å²) in [5, 5.41) is 34.9. The van der Waals surface area contributed by atoms with Crippen molar-refractivity contribution >= 4 is 23.7 Å². The molecule has 0 aliphatic heterocycles. The van der Waals surface area contributed by atoms with Crippen LogP contribution < -0.4 is 21.7 Å². The monoisotopic (exact) mass is 442 g/mol. The molecular weight excluding hydrogens is 412 g/mol. The molecule has 3 amide bonds. The van der Waals surface area contributed by atoms with Crippen LogP contribution in [0.4, 0.5) is 0 Å². The molecule has 1 aromatic rings. The zero-order chi connectivity index (χ0) is 23.6. The van der Waals surface area contributed by atoms with Gasteiger partial charge in [-0.05, 0) is 12.3 Å². The van der Waals surface area contributed by atoms with Crippen molar-refractivity contribution in [1.29, 1.82) is 0 Å². The molecule has 13 nitrogen and oxygen atoms in total. The van der Waals surface area contributed by atoms with Crippen molar-refractivity contribution in [3.8, 4) is 0 Å². The molecule has 0 fully saturated rings. The normalized spacial score (nSPS) is 14.9. The fourth-order valence-electron chi connectivity index (χ4n) is 2.64. The Morgan fingerprint density at radius 3 is 1.94 bits per heavy atom. The van der Waals surface area contributed by atoms with Gasteiger partial charge in [-0.2, -0.15) is 0 Å². The molecule has 9 N–H and O–H groups in total. The lowest BCUT2D eigenvalue weighted by molar-refractivity contribution is -0.142. The van der Waals surface area contributed by atoms with E-state index in [4.69, 9.17) is 5.73 Å². The van der Waals surface area contributed by atoms with E-state index in [1.807, 2.05) is 13.8 Å². The summed E-state index contributed by atoms with van der Waals surface area (Å²) in [6.45, 7) is 2.12. The quantitative estimate of drug-likeness (QED) is 0.154. The maximum absolute atomic E-state index is 12.4. The maximum atomic E-state index is 12.4. The zero-order valence-corrected chi connectivity index (χ0v) is 17.4. The van der Waals surface area contributed by atoms with Gasteiger partial charge in [0.2, 0.25) is 17.7 Å². The summed E-state index contributed by atoms with van der Waals surface area (Å²) in [5.74, 6) is -3.75. The Labute approximate surface area is 178 Å². The van der Waals surface area contributed by atoms with Crippen molar-refractivity contribution in [2.45, 2.75) is 50.9 Å². The minimum absolute atomic E-state index is 0.101. The Morgan fingerprint density at radius 1 is 1.00 bits per heavy atom. The van der Waals surface area contributed by atoms with Gasteiger partial charge in [0.15, 0.2) is 0 Å². The summed E-state index contributed by atoms with van der Waals surface area (Å²) < 4.78 is 0. The second kappa shape index (κ2) is 12.6. The molecule has 4 atom stereocenters. The first-order valence-corrected chi connectivity index (χ1v) is 9.67. The summed E-state index contributed by atoms with van der Waals surface area (Å²) >= 11 is 0. The molecule has 174 valence electrons. The Hall–Kier alpha value is -3.03. The van der Waals surface area contributed by atoms with E-state index in [0.717, 1.165) is 0 Å². The minimum Gasteiger partial charge on any atom is -0.480 e. The van der Waals surface area contributed by atoms with Gasteiger partial charge in [0.25, 0.3) is 0 Å². The minimum atomic E-state index is -1.51. The van der Waals surface area contributed by atoms with Crippen molar-refractivity contribution in [1.82, 2.24) is 25.9 Å². The second-order valence-electron chi connectivity index (χ2n) is 7.40. The van der Waals surface area contributed by atoms with Crippen LogP contribution in [-0.4, -0.2) is 86.4 Å². The van der Waals surface area contributed by atoms with Gasteiger partial charge < -0.3 is 42.0 Å². The molecule has 0 aromatic carbocycles. The molecule has 0 saturated heterocycles. The van der Waals surface area contributed by atoms with E-state index in [9.17, 15) is 34.5 Å². The van der Waals surface area contributed by atoms with Crippen LogP contribution in [0.5, 0.6) is 0 Å². The molecule has 1 rings (SSSR count). The average molecular weight is 442 g/mol. The van der Waals surface area contributed by atoms with Crippen LogP contribution in [0.15, 0.2) is 12.5 Å². The van der Waals surface area contributed by atoms with E-state index in [1.54, 1.807) is 0 Å². The third kappa shape index (κ3) is 8.70. The van der Waals surface area contributed by atoms with Crippen molar-refractivity contribution in [2.24, 2.45) is 11.7 Å². The second-order valence-corrected chi connectivity index (χ2v) is 7.40. The van der Waals surface area contributed by atoms with Gasteiger partial charge in [-0.15, -0.1) is 0 Å². The van der Waals surface area contributed by atoms with Gasteiger partial charge in [0.05, 0.1) is 25.6 Å². The van der Waals surface area contributed by atoms with Crippen molar-refractivity contribution in [2.75, 3.05) is 13.2 Å². The number of nitrogens with zero attached hydrogens (tertiary/aromatic N) is 1. The van der Waals surface area contributed by atoms with Crippen LogP contribution in [0.3, 0.4) is 0 Å². The fraction of sp³-hybridized carbons (Fsp3) is 0.611. The molecule has 31 heavy (non-hydrogen) atoms. The highest BCUT2D eigenvalue weighted by Gasteiger charge is 2.30. The number of aliphatic hydroxyl groups is 2. The lowest BCUT2D eigenvalue weighted by atomic mass is 10.0. The van der Waals surface area contributed by atoms with Crippen LogP contribution in [0, 0.1) is 5.92 Å². The van der Waals surface area contributed by atoms with Gasteiger partial charge in [-0.3, -0.25) is 14.4 Å². The van der Waals surface area contributed by atoms with Crippen molar-refractivity contribution in [3.63, 3.8) is 0 Å². The van der Waals surface area contributed by atoms with Crippen LogP contribution in [-0.2, 0) is 25.6 Å². The number of H-pyrrole nitrogens is 1. The van der Waals surface area contributed by atoms with E-state index in [1.165, 1.54) is 12.5 Å². The summed E-state index contributed by atoms with van der Waals surface area (Å²) in [5.41, 5.74) is 6.20. The number of hydrogen-bond acceptors (Lipinski definition) is 8. The summed E-state index contributed by atoms with van der Waals surface area (Å²) in [4.78, 5) is 54.7. The highest BCUT2D eigenvalue weighted by atomic mass is 16.4. The predicted octanol–water partition coefficient (Wildman–Crippen LogP) is -3.15. The number of aliphatic hydroxyl groups excluding tert-OH is 2. The Kier molecular flexibility index (Phi) is 10.6. The molecule has 0 aliphatic rings. The van der Waals surface area contributed by atoms with Gasteiger partial charge in [0, 0.05) is 18.3 Å². The van der Waals surface area contributed by atoms with E-state index in [2.05, 4.69) is 25.9 Å². The smallest absolute Gasteiger partial charge is 0.326 e. The molecule has 13 heteroatoms. The SMILES string of the molecule is CC(C)CC(N)C(=O)NC(CO)C(=O)NC(CO)C(=O)NC(Cc1cnc[nH]1)C(=O)O. The van der Waals surface area contributed by atoms with Gasteiger partial charge in [-0.25, -0.2) is 9.78 Å². The first-order valence-electron chi connectivity index (χ1n) is 9.67. The molecule has 0 saturated carbocycles. The molecule has 4 unspecified atom stereocenters. The number of amides is 3. The highest BCUT2D eigenvalue weighted by Crippen LogP contribution is 2.03. The van der Waals surface area contributed by atoms with Gasteiger partial charge >= 0.3 is 5.97 Å². The summed E-state index contributed by atoms with van der Waals surface area (Å²) in [7, 11) is 0. The standard InChI is InChI=1S/C18H30N6O7/c1-9(2)3-11(19)15(27)23-13(6-25)17(29)24-14(7-26)16(28)22-12(18(30)31)4-10-5-20-8-21-10/h5,8-9,11-14,25-26H,3-4,6-7,19H2,1-2H3,(H,20,21)(H,22,28)(H,23,27)(H,24,29)(H,30,31). The van der Waals surface area contributed by atoms with Crippen molar-refractivity contribution in [3.05, 3.63) is 18.2 Å². The lowest BCUT2D eigenvalue weighted by Crippen LogP contribution is -2.59. The number of carboxylic acids is 1. The van der Waals surface area contributed by atoms with E-state index >= 15 is 0 Å². The van der Waals surface area contributed by atoms with E-state index in [-0.39, 0.29) is 12.3 Å². The van der Waals surface area contributed by atoms with Crippen LogP contribution in [0.2, 0.25) is 0 Å². The molecule has 0 aliphatic carbocycles. The molecule has 1 heterocycles. The molecule has 0 bridgehead atoms. The Morgan fingerprint density at radius 2 is 1.52 bits per heavy atom. The summed E-state index contributed by atoms with van der Waals surface area (Å²) in [6, 6.07) is -5.15. The van der Waals surface area contributed by atoms with Gasteiger partial charge in [-0.1, -0.05) is 13.8 Å². The number of carboxylic acid groups (broad SMARTS) is 1. The van der Waals surface area contributed by atoms with E-state index < -0.39 is 61.1 Å². The fourth-order valence-corrected chi connectivity index (χ4v) is 2.64. The molecule has 0 spiro atoms.